The maximum absolute atomic E-state index is 14.9. The molecule has 3 heterocycles. The Hall–Kier alpha value is -4.28. The van der Waals surface area contributed by atoms with Crippen LogP contribution in [0.25, 0.3) is 10.8 Å². The number of fused-ring (bicyclic) bond motifs is 3. The van der Waals surface area contributed by atoms with Crippen LogP contribution < -0.4 is 14.2 Å². The van der Waals surface area contributed by atoms with Crippen molar-refractivity contribution in [2.75, 3.05) is 20.3 Å². The third-order valence-corrected chi connectivity index (χ3v) is 14.4. The van der Waals surface area contributed by atoms with E-state index in [4.69, 9.17) is 14.2 Å². The Labute approximate surface area is 341 Å². The average Bonchev–Trinajstić information content (AvgIpc) is 4.05. The summed E-state index contributed by atoms with van der Waals surface area (Å²) in [5, 5.41) is -0.224. The van der Waals surface area contributed by atoms with Gasteiger partial charge in [0.2, 0.25) is 27.7 Å². The van der Waals surface area contributed by atoms with Crippen LogP contribution >= 0.6 is 0 Å². The van der Waals surface area contributed by atoms with Crippen LogP contribution in [0.3, 0.4) is 0 Å². The van der Waals surface area contributed by atoms with Gasteiger partial charge in [0, 0.05) is 29.8 Å². The molecule has 2 aliphatic heterocycles. The van der Waals surface area contributed by atoms with E-state index in [9.17, 15) is 45.2 Å². The minimum Gasteiger partial charge on any atom is -0.497 e. The van der Waals surface area contributed by atoms with E-state index in [2.05, 4.69) is 9.71 Å². The molecule has 2 aliphatic carbocycles. The van der Waals surface area contributed by atoms with E-state index >= 15 is 0 Å². The first-order valence-corrected chi connectivity index (χ1v) is 21.6. The number of nitrogens with zero attached hydrogens (tertiary/aromatic N) is 2. The van der Waals surface area contributed by atoms with Crippen LogP contribution in [0.15, 0.2) is 36.5 Å². The predicted molar refractivity (Wildman–Crippen MR) is 208 cm³/mol. The van der Waals surface area contributed by atoms with Gasteiger partial charge in [-0.1, -0.05) is 26.0 Å². The van der Waals surface area contributed by atoms with Crippen molar-refractivity contribution in [1.29, 1.82) is 0 Å². The summed E-state index contributed by atoms with van der Waals surface area (Å²) in [7, 11) is -3.10. The number of pyridine rings is 1. The van der Waals surface area contributed by atoms with E-state index in [1.54, 1.807) is 20.8 Å². The van der Waals surface area contributed by atoms with E-state index < -0.39 is 98.2 Å². The highest BCUT2D eigenvalue weighted by molar-refractivity contribution is 7.91. The topological polar surface area (TPSA) is 158 Å². The van der Waals surface area contributed by atoms with Gasteiger partial charge in [-0.25, -0.2) is 17.8 Å². The van der Waals surface area contributed by atoms with Crippen LogP contribution in [0, 0.1) is 29.1 Å². The summed E-state index contributed by atoms with van der Waals surface area (Å²) in [4.78, 5) is 62.1. The lowest BCUT2D eigenvalue weighted by Crippen LogP contribution is -2.48. The number of ether oxygens (including phenoxy) is 3. The third-order valence-electron chi connectivity index (χ3n) is 12.3. The van der Waals surface area contributed by atoms with Gasteiger partial charge < -0.3 is 19.1 Å². The number of Topliss-reactive ketones (excluding diaryl/α,β-unsaturated/α-hetero) is 1. The number of rotatable bonds is 9. The van der Waals surface area contributed by atoms with Gasteiger partial charge in [0.05, 0.1) is 43.0 Å². The van der Waals surface area contributed by atoms with Crippen molar-refractivity contribution in [3.8, 4) is 11.6 Å². The molecule has 3 fully saturated rings. The Kier molecular flexibility index (Phi) is 12.2. The first-order chi connectivity index (χ1) is 27.5. The zero-order valence-corrected chi connectivity index (χ0v) is 35.0. The fraction of sp³-hybridized carbons (Fsp3) is 0.643. The highest BCUT2D eigenvalue weighted by Gasteiger charge is 2.63. The number of carbonyl (C=O) groups excluding carboxylic acids is 4. The van der Waals surface area contributed by atoms with Gasteiger partial charge in [-0.2, -0.15) is 13.2 Å². The van der Waals surface area contributed by atoms with Gasteiger partial charge >= 0.3 is 12.1 Å². The molecular weight excluding hydrogens is 799 g/mol. The van der Waals surface area contributed by atoms with Crippen LogP contribution in [0.5, 0.6) is 11.6 Å². The molecule has 12 nitrogen and oxygen atoms in total. The Morgan fingerprint density at radius 1 is 1.07 bits per heavy atom. The summed E-state index contributed by atoms with van der Waals surface area (Å²) in [6.07, 6.45) is -0.166. The molecule has 59 heavy (non-hydrogen) atoms. The van der Waals surface area contributed by atoms with E-state index in [1.807, 2.05) is 26.0 Å². The lowest BCUT2D eigenvalue weighted by Gasteiger charge is -2.32. The molecular formula is C42H53F4N3O9S. The lowest BCUT2D eigenvalue weighted by atomic mass is 9.82. The van der Waals surface area contributed by atoms with Gasteiger partial charge in [0.1, 0.15) is 28.9 Å². The summed E-state index contributed by atoms with van der Waals surface area (Å²) in [5.74, 6) is -4.36. The van der Waals surface area contributed by atoms with Crippen LogP contribution in [0.4, 0.5) is 17.6 Å². The Balaban J connectivity index is 1.37. The number of hydrogen-bond donors (Lipinski definition) is 1. The fourth-order valence-electron chi connectivity index (χ4n) is 8.60. The van der Waals surface area contributed by atoms with Crippen LogP contribution in [-0.4, -0.2) is 84.7 Å². The molecule has 324 valence electrons. The van der Waals surface area contributed by atoms with Crippen molar-refractivity contribution in [3.05, 3.63) is 42.1 Å². The summed E-state index contributed by atoms with van der Waals surface area (Å²) in [6.45, 7) is 7.64. The number of halogens is 4. The molecule has 2 amide bonds. The van der Waals surface area contributed by atoms with Crippen molar-refractivity contribution >= 4 is 44.4 Å². The van der Waals surface area contributed by atoms with Gasteiger partial charge in [-0.05, 0) is 95.2 Å². The number of alkyl halides is 4. The third kappa shape index (κ3) is 9.39. The zero-order chi connectivity index (χ0) is 43.3. The molecule has 0 radical (unpaired) electrons. The molecule has 2 saturated carbocycles. The van der Waals surface area contributed by atoms with Crippen molar-refractivity contribution in [2.24, 2.45) is 29.1 Å². The van der Waals surface area contributed by atoms with Gasteiger partial charge in [-0.15, -0.1) is 0 Å². The summed E-state index contributed by atoms with van der Waals surface area (Å²) < 4.78 is 100. The maximum Gasteiger partial charge on any atom is 0.418 e. The molecule has 17 heteroatoms. The van der Waals surface area contributed by atoms with Gasteiger partial charge in [0.15, 0.2) is 5.78 Å². The van der Waals surface area contributed by atoms with Crippen LogP contribution in [0.1, 0.15) is 98.0 Å². The normalized spacial score (nSPS) is 29.4. The highest BCUT2D eigenvalue weighted by Crippen LogP contribution is 2.58. The second-order valence-corrected chi connectivity index (χ2v) is 20.0. The van der Waals surface area contributed by atoms with Crippen molar-refractivity contribution in [1.82, 2.24) is 14.6 Å². The molecule has 7 atom stereocenters. The quantitative estimate of drug-likeness (QED) is 0.160. The molecule has 4 aliphatic rings. The lowest BCUT2D eigenvalue weighted by molar-refractivity contribution is -0.160. The molecule has 0 unspecified atom stereocenters. The number of sulfonamides is 1. The SMILES string of the molecule is COc1ccc2c(O[C@@H]3C[C@H]4C(=O)C[C@]5(C(=O)NS(=O)(=O)C6(CF)CC6)C[C@H]5/C=C\CC[C@H](C)C[C@@H](C)[C@H](CC(=O)OC(C)(C)C)C(=O)N4C3)ncc(C(F)(F)F)c2c1. The number of aromatic nitrogens is 1. The number of nitrogens with one attached hydrogen (secondary N) is 1. The predicted octanol–water partition coefficient (Wildman–Crippen LogP) is 6.88. The maximum atomic E-state index is 14.9. The van der Waals surface area contributed by atoms with Crippen molar-refractivity contribution in [2.45, 2.75) is 121 Å². The number of amides is 2. The Morgan fingerprint density at radius 3 is 2.41 bits per heavy atom. The summed E-state index contributed by atoms with van der Waals surface area (Å²) >= 11 is 0. The number of hydrogen-bond acceptors (Lipinski definition) is 10. The number of methoxy groups -OCH3 is 1. The van der Waals surface area contributed by atoms with E-state index in [-0.39, 0.29) is 72.9 Å². The Bertz CT molecular complexity index is 2120. The molecule has 1 aromatic carbocycles. The minimum atomic E-state index is -4.76. The number of benzene rings is 1. The van der Waals surface area contributed by atoms with Gasteiger partial charge in [0.25, 0.3) is 0 Å². The second-order valence-electron chi connectivity index (χ2n) is 18.0. The van der Waals surface area contributed by atoms with Crippen LogP contribution in [-0.2, 0) is 40.1 Å². The molecule has 1 aromatic heterocycles. The first kappa shape index (κ1) is 44.3. The van der Waals surface area contributed by atoms with Crippen molar-refractivity contribution < 1.29 is 59.4 Å². The summed E-state index contributed by atoms with van der Waals surface area (Å²) in [5.41, 5.74) is -3.36. The Morgan fingerprint density at radius 2 is 1.78 bits per heavy atom. The standard InChI is InChI=1S/C42H53F4N3O9S/c1-24-9-7-8-10-26-19-41(26,38(53)48-59(54,55)40(23-43)13-14-40)20-34(50)33-17-28(22-49(33)37(52)30(25(2)15-24)18-35(51)58-39(3,4)5)57-36-29-12-11-27(56-6)16-31(29)32(21-47-36)42(44,45)46/h8,10-12,16,21,24-26,28,30,33H,7,9,13-15,17-20,22-23H2,1-6H3,(H,48,53)/b10-8-/t24-,25+,26+,28+,30-,33-,41+/m0/s1. The molecule has 1 N–H and O–H groups in total. The fourth-order valence-corrected chi connectivity index (χ4v) is 10.0. The number of esters is 1. The first-order valence-electron chi connectivity index (χ1n) is 20.1. The smallest absolute Gasteiger partial charge is 0.418 e. The molecule has 0 spiro atoms. The summed E-state index contributed by atoms with van der Waals surface area (Å²) in [6, 6.07) is 2.82. The second kappa shape index (κ2) is 16.3. The zero-order valence-electron chi connectivity index (χ0n) is 34.2. The highest BCUT2D eigenvalue weighted by atomic mass is 32.2. The molecule has 2 aromatic rings. The molecule has 6 rings (SSSR count). The number of allylic oxidation sites excluding steroid dienone is 2. The number of carbonyl (C=O) groups is 4. The van der Waals surface area contributed by atoms with E-state index in [1.165, 1.54) is 30.2 Å². The average molecular weight is 852 g/mol. The van der Waals surface area contributed by atoms with E-state index in [0.717, 1.165) is 0 Å². The van der Waals surface area contributed by atoms with Gasteiger partial charge in [-0.3, -0.25) is 23.9 Å². The monoisotopic (exact) mass is 851 g/mol. The van der Waals surface area contributed by atoms with Crippen LogP contribution in [0.2, 0.25) is 0 Å². The van der Waals surface area contributed by atoms with E-state index in [0.29, 0.717) is 25.5 Å². The van der Waals surface area contributed by atoms with Crippen molar-refractivity contribution in [3.63, 3.8) is 0 Å². The minimum absolute atomic E-state index is 0.0132. The largest absolute Gasteiger partial charge is 0.497 e. The molecule has 1 saturated heterocycles. The number of ketones is 1. The molecule has 0 bridgehead atoms.